The lowest BCUT2D eigenvalue weighted by Crippen LogP contribution is -2.43. The van der Waals surface area contributed by atoms with Gasteiger partial charge in [-0.15, -0.1) is 0 Å². The lowest BCUT2D eigenvalue weighted by molar-refractivity contribution is 0.522. The highest BCUT2D eigenvalue weighted by Gasteiger charge is 2.21. The minimum absolute atomic E-state index is 0.306. The van der Waals surface area contributed by atoms with Crippen LogP contribution in [0.3, 0.4) is 0 Å². The van der Waals surface area contributed by atoms with Crippen LogP contribution in [0.4, 0.5) is 11.8 Å². The summed E-state index contributed by atoms with van der Waals surface area (Å²) in [4.78, 5) is 15.6. The van der Waals surface area contributed by atoms with Crippen LogP contribution in [-0.4, -0.2) is 34.1 Å². The fourth-order valence-corrected chi connectivity index (χ4v) is 3.22. The molecular formula is C19H18N6. The third kappa shape index (κ3) is 3.36. The Hall–Kier alpha value is -3.20. The SMILES string of the molecule is N#Cc1ccc2nc(NC3CCCN(c4ncccn4)C3)ccc2c1. The molecule has 0 spiro atoms. The van der Waals surface area contributed by atoms with Crippen LogP contribution in [0.15, 0.2) is 48.8 Å². The number of aromatic nitrogens is 3. The lowest BCUT2D eigenvalue weighted by atomic mass is 10.1. The largest absolute Gasteiger partial charge is 0.366 e. The average molecular weight is 330 g/mol. The Labute approximate surface area is 146 Å². The van der Waals surface area contributed by atoms with Gasteiger partial charge >= 0.3 is 0 Å². The highest BCUT2D eigenvalue weighted by atomic mass is 15.3. The summed E-state index contributed by atoms with van der Waals surface area (Å²) >= 11 is 0. The molecule has 6 nitrogen and oxygen atoms in total. The van der Waals surface area contributed by atoms with Crippen molar-refractivity contribution in [3.8, 4) is 6.07 Å². The molecule has 4 rings (SSSR count). The second-order valence-corrected chi connectivity index (χ2v) is 6.19. The minimum Gasteiger partial charge on any atom is -0.366 e. The van der Waals surface area contributed by atoms with Crippen molar-refractivity contribution in [3.63, 3.8) is 0 Å². The van der Waals surface area contributed by atoms with Crippen molar-refractivity contribution in [2.75, 3.05) is 23.3 Å². The van der Waals surface area contributed by atoms with Crippen molar-refractivity contribution in [2.24, 2.45) is 0 Å². The van der Waals surface area contributed by atoms with E-state index in [1.165, 1.54) is 0 Å². The molecule has 25 heavy (non-hydrogen) atoms. The molecule has 124 valence electrons. The molecule has 6 heteroatoms. The highest BCUT2D eigenvalue weighted by molar-refractivity contribution is 5.81. The number of benzene rings is 1. The standard InChI is InChI=1S/C19H18N6/c20-12-14-4-6-17-15(11-14)5-7-18(24-17)23-16-3-1-10-25(13-16)19-21-8-2-9-22-19/h2,4-9,11,16H,1,3,10,13H2,(H,23,24). The van der Waals surface area contributed by atoms with Gasteiger partial charge in [0.05, 0.1) is 17.1 Å². The van der Waals surface area contributed by atoms with Crippen LogP contribution >= 0.6 is 0 Å². The van der Waals surface area contributed by atoms with Gasteiger partial charge in [-0.05, 0) is 49.2 Å². The number of piperidine rings is 1. The first-order valence-corrected chi connectivity index (χ1v) is 8.41. The van der Waals surface area contributed by atoms with Crippen LogP contribution in [0.2, 0.25) is 0 Å². The maximum atomic E-state index is 8.99. The number of nitrogens with one attached hydrogen (secondary N) is 1. The van der Waals surface area contributed by atoms with Gasteiger partial charge in [0.25, 0.3) is 0 Å². The van der Waals surface area contributed by atoms with Gasteiger partial charge < -0.3 is 10.2 Å². The zero-order valence-corrected chi connectivity index (χ0v) is 13.8. The molecule has 3 heterocycles. The summed E-state index contributed by atoms with van der Waals surface area (Å²) in [6.07, 6.45) is 5.74. The molecule has 1 saturated heterocycles. The Bertz CT molecular complexity index is 918. The van der Waals surface area contributed by atoms with Gasteiger partial charge in [0, 0.05) is 36.9 Å². The van der Waals surface area contributed by atoms with Crippen LogP contribution in [0, 0.1) is 11.3 Å². The van der Waals surface area contributed by atoms with E-state index in [0.29, 0.717) is 11.6 Å². The van der Waals surface area contributed by atoms with Crippen LogP contribution in [0.1, 0.15) is 18.4 Å². The number of rotatable bonds is 3. The third-order valence-electron chi connectivity index (χ3n) is 4.43. The molecule has 0 saturated carbocycles. The molecule has 0 radical (unpaired) electrons. The maximum absolute atomic E-state index is 8.99. The van der Waals surface area contributed by atoms with Gasteiger partial charge in [-0.3, -0.25) is 0 Å². The van der Waals surface area contributed by atoms with E-state index in [9.17, 15) is 0 Å². The molecule has 1 unspecified atom stereocenters. The lowest BCUT2D eigenvalue weighted by Gasteiger charge is -2.33. The molecule has 1 N–H and O–H groups in total. The molecule has 3 aromatic rings. The maximum Gasteiger partial charge on any atom is 0.225 e. The predicted octanol–water partition coefficient (Wildman–Crippen LogP) is 2.98. The van der Waals surface area contributed by atoms with E-state index in [0.717, 1.165) is 48.6 Å². The summed E-state index contributed by atoms with van der Waals surface area (Å²) in [6, 6.07) is 13.8. The fourth-order valence-electron chi connectivity index (χ4n) is 3.22. The van der Waals surface area contributed by atoms with E-state index >= 15 is 0 Å². The van der Waals surface area contributed by atoms with Crippen LogP contribution in [-0.2, 0) is 0 Å². The van der Waals surface area contributed by atoms with E-state index in [1.807, 2.05) is 30.3 Å². The van der Waals surface area contributed by atoms with Gasteiger partial charge in [-0.25, -0.2) is 15.0 Å². The molecule has 2 aromatic heterocycles. The third-order valence-corrected chi connectivity index (χ3v) is 4.43. The first-order valence-electron chi connectivity index (χ1n) is 8.41. The predicted molar refractivity (Wildman–Crippen MR) is 97.3 cm³/mol. The van der Waals surface area contributed by atoms with E-state index in [2.05, 4.69) is 31.2 Å². The number of anilines is 2. The summed E-state index contributed by atoms with van der Waals surface area (Å²) < 4.78 is 0. The van der Waals surface area contributed by atoms with Crippen molar-refractivity contribution in [1.29, 1.82) is 5.26 Å². The monoisotopic (exact) mass is 330 g/mol. The van der Waals surface area contributed by atoms with Gasteiger partial charge in [0.2, 0.25) is 5.95 Å². The number of fused-ring (bicyclic) bond motifs is 1. The molecule has 1 aliphatic heterocycles. The normalized spacial score (nSPS) is 17.2. The van der Waals surface area contributed by atoms with Crippen LogP contribution in [0.25, 0.3) is 10.9 Å². The molecule has 1 atom stereocenters. The first-order chi connectivity index (χ1) is 12.3. The zero-order chi connectivity index (χ0) is 17.1. The van der Waals surface area contributed by atoms with Gasteiger partial charge in [-0.2, -0.15) is 5.26 Å². The van der Waals surface area contributed by atoms with Crippen LogP contribution < -0.4 is 10.2 Å². The summed E-state index contributed by atoms with van der Waals surface area (Å²) in [5.41, 5.74) is 1.55. The Kier molecular flexibility index (Phi) is 4.13. The number of pyridine rings is 1. The molecule has 1 fully saturated rings. The van der Waals surface area contributed by atoms with E-state index < -0.39 is 0 Å². The fraction of sp³-hybridized carbons (Fsp3) is 0.263. The number of hydrogen-bond donors (Lipinski definition) is 1. The Morgan fingerprint density at radius 1 is 1.16 bits per heavy atom. The Morgan fingerprint density at radius 2 is 2.04 bits per heavy atom. The molecule has 0 amide bonds. The Morgan fingerprint density at radius 3 is 2.88 bits per heavy atom. The summed E-state index contributed by atoms with van der Waals surface area (Å²) in [7, 11) is 0. The molecular weight excluding hydrogens is 312 g/mol. The van der Waals surface area contributed by atoms with E-state index in [-0.39, 0.29) is 0 Å². The van der Waals surface area contributed by atoms with E-state index in [1.54, 1.807) is 18.5 Å². The molecule has 1 aliphatic rings. The van der Waals surface area contributed by atoms with Crippen molar-refractivity contribution < 1.29 is 0 Å². The van der Waals surface area contributed by atoms with Crippen molar-refractivity contribution in [2.45, 2.75) is 18.9 Å². The average Bonchev–Trinajstić information content (AvgIpc) is 2.68. The smallest absolute Gasteiger partial charge is 0.225 e. The first kappa shape index (κ1) is 15.3. The number of nitrogens with zero attached hydrogens (tertiary/aromatic N) is 5. The van der Waals surface area contributed by atoms with Crippen molar-refractivity contribution in [1.82, 2.24) is 15.0 Å². The zero-order valence-electron chi connectivity index (χ0n) is 13.8. The second kappa shape index (κ2) is 6.73. The molecule has 0 aliphatic carbocycles. The minimum atomic E-state index is 0.306. The number of nitriles is 1. The van der Waals surface area contributed by atoms with Crippen LogP contribution in [0.5, 0.6) is 0 Å². The van der Waals surface area contributed by atoms with E-state index in [4.69, 9.17) is 5.26 Å². The quantitative estimate of drug-likeness (QED) is 0.795. The van der Waals surface area contributed by atoms with Gasteiger partial charge in [0.15, 0.2) is 0 Å². The van der Waals surface area contributed by atoms with Gasteiger partial charge in [0.1, 0.15) is 5.82 Å². The summed E-state index contributed by atoms with van der Waals surface area (Å²) in [5, 5.41) is 13.5. The summed E-state index contributed by atoms with van der Waals surface area (Å²) in [6.45, 7) is 1.83. The molecule has 0 bridgehead atoms. The molecule has 1 aromatic carbocycles. The second-order valence-electron chi connectivity index (χ2n) is 6.19. The number of hydrogen-bond acceptors (Lipinski definition) is 6. The highest BCUT2D eigenvalue weighted by Crippen LogP contribution is 2.21. The summed E-state index contributed by atoms with van der Waals surface area (Å²) in [5.74, 6) is 1.64. The van der Waals surface area contributed by atoms with Crippen molar-refractivity contribution in [3.05, 3.63) is 54.4 Å². The topological polar surface area (TPSA) is 77.7 Å². The van der Waals surface area contributed by atoms with Gasteiger partial charge in [-0.1, -0.05) is 0 Å². The Balaban J connectivity index is 1.50. The van der Waals surface area contributed by atoms with Crippen molar-refractivity contribution >= 4 is 22.7 Å².